The lowest BCUT2D eigenvalue weighted by Gasteiger charge is -1.61. The lowest BCUT2D eigenvalue weighted by atomic mass is 10.8. The molecule has 0 aromatic rings. The van der Waals surface area contributed by atoms with Crippen LogP contribution in [0.1, 0.15) is 5.48 Å². The molecule has 0 radical (unpaired) electrons. The van der Waals surface area contributed by atoms with Crippen LogP contribution in [-0.2, 0) is 0 Å². The number of hydrogen-bond donors (Lipinski definition) is 0. The van der Waals surface area contributed by atoms with Crippen molar-refractivity contribution in [2.24, 2.45) is 0 Å². The molecular formula is C3H4Cl2. The van der Waals surface area contributed by atoms with Crippen molar-refractivity contribution in [1.29, 1.82) is 0 Å². The first-order valence-electron chi connectivity index (χ1n) is 2.88. The summed E-state index contributed by atoms with van der Waals surface area (Å²) in [5.41, 5.74) is -0.671. The van der Waals surface area contributed by atoms with Crippen molar-refractivity contribution in [3.8, 4) is 0 Å². The van der Waals surface area contributed by atoms with E-state index in [0.717, 1.165) is 0 Å². The fourth-order valence-electron chi connectivity index (χ4n) is 0.0179. The highest BCUT2D eigenvalue weighted by Crippen LogP contribution is 1.79. The van der Waals surface area contributed by atoms with E-state index in [9.17, 15) is 0 Å². The van der Waals surface area contributed by atoms with Crippen LogP contribution in [0.4, 0.5) is 0 Å². The zero-order valence-electron chi connectivity index (χ0n) is 6.26. The minimum absolute atomic E-state index is 0.671. The molecule has 0 saturated heterocycles. The van der Waals surface area contributed by atoms with Crippen LogP contribution < -0.4 is 0 Å². The van der Waals surface area contributed by atoms with E-state index in [4.69, 9.17) is 28.7 Å². The maximum atomic E-state index is 6.73. The van der Waals surface area contributed by atoms with Crippen molar-refractivity contribution in [3.05, 3.63) is 11.6 Å². The number of halogens is 2. The van der Waals surface area contributed by atoms with E-state index in [1.165, 1.54) is 0 Å². The number of hydrogen-bond acceptors (Lipinski definition) is 0. The Kier molecular flexibility index (Phi) is 1.24. The highest BCUT2D eigenvalue weighted by Gasteiger charge is 1.56. The summed E-state index contributed by atoms with van der Waals surface area (Å²) in [5.74, 6) is -2.32. The fraction of sp³-hybridized carbons (Fsp3) is 0.333. The third-order valence-electron chi connectivity index (χ3n) is 0.0945. The van der Waals surface area contributed by atoms with Crippen molar-refractivity contribution < 1.29 is 5.48 Å². The molecule has 5 heavy (non-hydrogen) atoms. The van der Waals surface area contributed by atoms with E-state index in [1.54, 1.807) is 0 Å². The van der Waals surface area contributed by atoms with Gasteiger partial charge < -0.3 is 0 Å². The molecule has 0 unspecified atom stereocenters. The van der Waals surface area contributed by atoms with Crippen molar-refractivity contribution in [1.82, 2.24) is 0 Å². The van der Waals surface area contributed by atoms with Gasteiger partial charge in [0.15, 0.2) is 0 Å². The van der Waals surface area contributed by atoms with E-state index in [1.807, 2.05) is 0 Å². The van der Waals surface area contributed by atoms with Gasteiger partial charge in [-0.1, -0.05) is 17.7 Å². The summed E-state index contributed by atoms with van der Waals surface area (Å²) in [6, 6.07) is -0.717. The first-order valence-corrected chi connectivity index (χ1v) is 1.63. The second-order valence-electron chi connectivity index (χ2n) is 0.314. The Morgan fingerprint density at radius 1 is 2.20 bits per heavy atom. The standard InChI is InChI=1S/C3H4Cl2/c4-2-1-3-5/h1-2H,3H2/i1D,2D,3D2. The molecule has 0 nitrogen and oxygen atoms in total. The summed E-state index contributed by atoms with van der Waals surface area (Å²) in [7, 11) is 0. The van der Waals surface area contributed by atoms with Crippen LogP contribution in [0.25, 0.3) is 0 Å². The second-order valence-corrected chi connectivity index (χ2v) is 0.692. The van der Waals surface area contributed by atoms with Gasteiger partial charge in [0, 0.05) is 14.1 Å². The molecule has 0 aliphatic carbocycles. The van der Waals surface area contributed by atoms with Crippen LogP contribution in [0.5, 0.6) is 0 Å². The third kappa shape index (κ3) is 4.32. The molecule has 0 spiro atoms. The first kappa shape index (κ1) is 1.43. The lowest BCUT2D eigenvalue weighted by molar-refractivity contribution is 1.79. The van der Waals surface area contributed by atoms with E-state index in [-0.39, 0.29) is 0 Å². The van der Waals surface area contributed by atoms with Gasteiger partial charge in [-0.2, -0.15) is 0 Å². The summed E-state index contributed by atoms with van der Waals surface area (Å²) >= 11 is 9.91. The molecule has 0 atom stereocenters. The van der Waals surface area contributed by atoms with E-state index >= 15 is 0 Å². The molecule has 0 amide bonds. The van der Waals surface area contributed by atoms with E-state index in [0.29, 0.717) is 0 Å². The highest BCUT2D eigenvalue weighted by molar-refractivity contribution is 6.26. The Morgan fingerprint density at radius 3 is 2.80 bits per heavy atom. The molecule has 0 bridgehead atoms. The summed E-state index contributed by atoms with van der Waals surface area (Å²) in [4.78, 5) is 0. The normalized spacial score (nSPS) is 28.4. The third-order valence-corrected chi connectivity index (χ3v) is 0.283. The van der Waals surface area contributed by atoms with Gasteiger partial charge in [-0.05, 0) is 0 Å². The van der Waals surface area contributed by atoms with E-state index in [2.05, 4.69) is 0 Å². The zero-order valence-corrected chi connectivity index (χ0v) is 3.77. The summed E-state index contributed by atoms with van der Waals surface area (Å²) in [6.45, 7) is 0. The maximum Gasteiger partial charge on any atom is 0.0752 e. The first-order chi connectivity index (χ1) is 3.85. The van der Waals surface area contributed by atoms with Gasteiger partial charge in [-0.3, -0.25) is 0 Å². The molecule has 0 aliphatic heterocycles. The Morgan fingerprint density at radius 2 is 2.80 bits per heavy atom. The summed E-state index contributed by atoms with van der Waals surface area (Å²) in [6.07, 6.45) is 0. The maximum absolute atomic E-state index is 6.73. The van der Waals surface area contributed by atoms with Gasteiger partial charge in [0.25, 0.3) is 0 Å². The summed E-state index contributed by atoms with van der Waals surface area (Å²) in [5, 5.41) is 0. The molecule has 0 aliphatic rings. The average molecular weight is 115 g/mol. The molecule has 0 fully saturated rings. The zero-order chi connectivity index (χ0) is 7.65. The van der Waals surface area contributed by atoms with Gasteiger partial charge in [-0.15, -0.1) is 11.6 Å². The number of alkyl halides is 1. The molecule has 0 aromatic carbocycles. The van der Waals surface area contributed by atoms with Crippen molar-refractivity contribution in [3.63, 3.8) is 0 Å². The van der Waals surface area contributed by atoms with Gasteiger partial charge in [0.05, 0.1) is 2.74 Å². The topological polar surface area (TPSA) is 0 Å². The minimum Gasteiger partial charge on any atom is -0.122 e. The second kappa shape index (κ2) is 4.32. The van der Waals surface area contributed by atoms with E-state index < -0.39 is 17.4 Å². The molecule has 30 valence electrons. The molecule has 0 N–H and O–H groups in total. The predicted octanol–water partition coefficient (Wildman–Crippen LogP) is 1.98. The van der Waals surface area contributed by atoms with Crippen LogP contribution in [0.2, 0.25) is 0 Å². The molecule has 0 rings (SSSR count). The predicted molar refractivity (Wildman–Crippen MR) is 25.7 cm³/mol. The van der Waals surface area contributed by atoms with Gasteiger partial charge in [-0.25, -0.2) is 0 Å². The lowest BCUT2D eigenvalue weighted by Crippen LogP contribution is -1.48. The molecule has 0 aromatic heterocycles. The Balaban J connectivity index is 4.40. The van der Waals surface area contributed by atoms with Crippen LogP contribution >= 0.6 is 23.2 Å². The van der Waals surface area contributed by atoms with Crippen molar-refractivity contribution in [2.45, 2.75) is 0 Å². The number of allylic oxidation sites excluding steroid dienone is 1. The molecule has 0 heterocycles. The smallest absolute Gasteiger partial charge is 0.0752 e. The fourth-order valence-corrected chi connectivity index (χ4v) is 0.161. The van der Waals surface area contributed by atoms with Gasteiger partial charge >= 0.3 is 0 Å². The van der Waals surface area contributed by atoms with Crippen LogP contribution in [0, 0.1) is 0 Å². The van der Waals surface area contributed by atoms with Crippen molar-refractivity contribution in [2.75, 3.05) is 5.83 Å². The van der Waals surface area contributed by atoms with Crippen LogP contribution in [-0.4, -0.2) is 5.83 Å². The monoisotopic (exact) mass is 114 g/mol. The Labute approximate surface area is 47.0 Å². The number of rotatable bonds is 1. The molecular weight excluding hydrogens is 107 g/mol. The highest BCUT2D eigenvalue weighted by atomic mass is 35.5. The molecule has 0 saturated carbocycles. The van der Waals surface area contributed by atoms with Crippen LogP contribution in [0.15, 0.2) is 11.6 Å². The minimum atomic E-state index is -2.32. The van der Waals surface area contributed by atoms with Gasteiger partial charge in [0.2, 0.25) is 0 Å². The molecule has 2 heteroatoms. The SMILES string of the molecule is [2H]C(Cl)=C([2H])C([2H])([2H])Cl. The Bertz CT molecular complexity index is 131. The average Bonchev–Trinajstić information content (AvgIpc) is 1.62. The van der Waals surface area contributed by atoms with Gasteiger partial charge in [0.1, 0.15) is 0 Å². The summed E-state index contributed by atoms with van der Waals surface area (Å²) < 4.78 is 26.6. The Hall–Kier alpha value is 0.320. The largest absolute Gasteiger partial charge is 0.122 e. The van der Waals surface area contributed by atoms with Crippen LogP contribution in [0.3, 0.4) is 0 Å². The quantitative estimate of drug-likeness (QED) is 0.458. The van der Waals surface area contributed by atoms with Crippen molar-refractivity contribution >= 4 is 23.2 Å².